The van der Waals surface area contributed by atoms with Crippen molar-refractivity contribution in [3.63, 3.8) is 0 Å². The van der Waals surface area contributed by atoms with Crippen LogP contribution in [0.1, 0.15) is 16.7 Å². The van der Waals surface area contributed by atoms with Crippen LogP contribution in [0.3, 0.4) is 0 Å². The molecular formula is C22H24F2N4O2. The second kappa shape index (κ2) is 9.13. The van der Waals surface area contributed by atoms with Crippen molar-refractivity contribution in [1.29, 1.82) is 0 Å². The highest BCUT2D eigenvalue weighted by Gasteiger charge is 2.16. The molecule has 1 aliphatic rings. The first-order valence-corrected chi connectivity index (χ1v) is 9.86. The quantitative estimate of drug-likeness (QED) is 0.428. The molecule has 30 heavy (non-hydrogen) atoms. The van der Waals surface area contributed by atoms with Crippen molar-refractivity contribution < 1.29 is 18.3 Å². The number of H-pyrrole nitrogens is 1. The summed E-state index contributed by atoms with van der Waals surface area (Å²) in [6.45, 7) is 1.78. The molecule has 4 rings (SSSR count). The molecule has 0 radical (unpaired) electrons. The zero-order valence-corrected chi connectivity index (χ0v) is 16.7. The lowest BCUT2D eigenvalue weighted by Crippen LogP contribution is -2.39. The van der Waals surface area contributed by atoms with Gasteiger partial charge in [-0.15, -0.1) is 0 Å². The minimum absolute atomic E-state index is 0.183. The molecule has 0 spiro atoms. The van der Waals surface area contributed by atoms with Crippen molar-refractivity contribution in [3.8, 4) is 5.75 Å². The number of hydrogen-bond acceptors (Lipinski definition) is 3. The van der Waals surface area contributed by atoms with Crippen LogP contribution >= 0.6 is 0 Å². The van der Waals surface area contributed by atoms with E-state index in [4.69, 9.17) is 9.47 Å². The summed E-state index contributed by atoms with van der Waals surface area (Å²) in [4.78, 5) is 7.33. The van der Waals surface area contributed by atoms with Gasteiger partial charge in [0.1, 0.15) is 17.4 Å². The van der Waals surface area contributed by atoms with Crippen molar-refractivity contribution in [2.75, 3.05) is 26.9 Å². The van der Waals surface area contributed by atoms with Crippen LogP contribution in [0.4, 0.5) is 8.78 Å². The highest BCUT2D eigenvalue weighted by Crippen LogP contribution is 2.29. The number of guanidine groups is 1. The van der Waals surface area contributed by atoms with Crippen LogP contribution in [-0.4, -0.2) is 37.9 Å². The van der Waals surface area contributed by atoms with Crippen molar-refractivity contribution in [1.82, 2.24) is 15.6 Å². The summed E-state index contributed by atoms with van der Waals surface area (Å²) in [5.74, 6) is 0.827. The van der Waals surface area contributed by atoms with Crippen LogP contribution in [0, 0.1) is 11.6 Å². The van der Waals surface area contributed by atoms with Gasteiger partial charge in [0, 0.05) is 42.8 Å². The highest BCUT2D eigenvalue weighted by molar-refractivity contribution is 5.83. The van der Waals surface area contributed by atoms with Gasteiger partial charge in [-0.3, -0.25) is 4.99 Å². The maximum atomic E-state index is 13.9. The topological polar surface area (TPSA) is 70.7 Å². The maximum absolute atomic E-state index is 13.9. The molecule has 3 N–H and O–H groups in total. The van der Waals surface area contributed by atoms with E-state index in [9.17, 15) is 8.78 Å². The van der Waals surface area contributed by atoms with E-state index in [2.05, 4.69) is 20.6 Å². The van der Waals surface area contributed by atoms with E-state index in [1.807, 2.05) is 6.20 Å². The Morgan fingerprint density at radius 3 is 2.67 bits per heavy atom. The average Bonchev–Trinajstić information content (AvgIpc) is 3.14. The molecule has 2 heterocycles. The average molecular weight is 414 g/mol. The third-order valence-corrected chi connectivity index (χ3v) is 5.08. The van der Waals surface area contributed by atoms with Gasteiger partial charge in [0.2, 0.25) is 0 Å². The molecule has 0 unspecified atom stereocenters. The molecule has 0 fully saturated rings. The Labute approximate surface area is 173 Å². The number of aromatic nitrogens is 1. The standard InChI is InChI=1S/C22H24F2N4O2/c1-25-22(27-7-5-15-11-28-20-10-17(23)2-3-19(15)20)26-6-4-14-8-18(24)9-16-12-29-13-30-21(14)16/h2-3,8-11,28H,4-7,12-13H2,1H3,(H2,25,26,27). The number of nitrogens with zero attached hydrogens (tertiary/aromatic N) is 1. The summed E-state index contributed by atoms with van der Waals surface area (Å²) < 4.78 is 37.9. The zero-order valence-electron chi connectivity index (χ0n) is 16.7. The van der Waals surface area contributed by atoms with Crippen LogP contribution in [0.5, 0.6) is 5.75 Å². The van der Waals surface area contributed by atoms with E-state index in [0.717, 1.165) is 34.0 Å². The third-order valence-electron chi connectivity index (χ3n) is 5.08. The number of benzene rings is 2. The second-order valence-corrected chi connectivity index (χ2v) is 7.09. The van der Waals surface area contributed by atoms with Crippen molar-refractivity contribution in [3.05, 3.63) is 64.9 Å². The molecule has 0 bridgehead atoms. The molecule has 0 atom stereocenters. The number of aromatic amines is 1. The van der Waals surface area contributed by atoms with Gasteiger partial charge >= 0.3 is 0 Å². The smallest absolute Gasteiger partial charge is 0.190 e. The van der Waals surface area contributed by atoms with E-state index < -0.39 is 0 Å². The fourth-order valence-corrected chi connectivity index (χ4v) is 3.66. The van der Waals surface area contributed by atoms with Crippen molar-refractivity contribution >= 4 is 16.9 Å². The predicted octanol–water partition coefficient (Wildman–Crippen LogP) is 3.26. The summed E-state index contributed by atoms with van der Waals surface area (Å²) in [5, 5.41) is 7.53. The molecule has 2 aromatic carbocycles. The molecule has 158 valence electrons. The Balaban J connectivity index is 1.29. The molecule has 1 aromatic heterocycles. The minimum atomic E-state index is -0.293. The molecule has 6 nitrogen and oxygen atoms in total. The first-order chi connectivity index (χ1) is 14.6. The lowest BCUT2D eigenvalue weighted by atomic mass is 10.1. The Morgan fingerprint density at radius 1 is 1.07 bits per heavy atom. The van der Waals surface area contributed by atoms with Gasteiger partial charge in [-0.05, 0) is 54.3 Å². The van der Waals surface area contributed by atoms with Crippen molar-refractivity contribution in [2.45, 2.75) is 19.4 Å². The number of aliphatic imine (C=N–C) groups is 1. The first-order valence-electron chi connectivity index (χ1n) is 9.86. The van der Waals surface area contributed by atoms with Crippen LogP contribution in [-0.2, 0) is 24.2 Å². The number of nitrogens with one attached hydrogen (secondary N) is 3. The number of rotatable bonds is 6. The Bertz CT molecular complexity index is 1060. The Morgan fingerprint density at radius 2 is 1.87 bits per heavy atom. The molecule has 8 heteroatoms. The van der Waals surface area contributed by atoms with E-state index in [-0.39, 0.29) is 18.4 Å². The zero-order chi connectivity index (χ0) is 20.9. The van der Waals surface area contributed by atoms with E-state index in [0.29, 0.717) is 37.8 Å². The van der Waals surface area contributed by atoms with Gasteiger partial charge in [-0.25, -0.2) is 8.78 Å². The lowest BCUT2D eigenvalue weighted by molar-refractivity contribution is -0.0172. The van der Waals surface area contributed by atoms with Crippen LogP contribution in [0.25, 0.3) is 10.9 Å². The molecule has 0 amide bonds. The summed E-state index contributed by atoms with van der Waals surface area (Å²) in [5.41, 5.74) is 3.44. The summed E-state index contributed by atoms with van der Waals surface area (Å²) in [6, 6.07) is 7.70. The molecule has 1 aliphatic heterocycles. The number of hydrogen-bond donors (Lipinski definition) is 3. The fraction of sp³-hybridized carbons (Fsp3) is 0.318. The first kappa shape index (κ1) is 20.2. The van der Waals surface area contributed by atoms with Crippen LogP contribution in [0.15, 0.2) is 41.5 Å². The largest absolute Gasteiger partial charge is 0.467 e. The van der Waals surface area contributed by atoms with E-state index in [1.54, 1.807) is 13.1 Å². The molecule has 0 aliphatic carbocycles. The lowest BCUT2D eigenvalue weighted by Gasteiger charge is -2.21. The van der Waals surface area contributed by atoms with E-state index >= 15 is 0 Å². The van der Waals surface area contributed by atoms with Gasteiger partial charge in [0.25, 0.3) is 0 Å². The predicted molar refractivity (Wildman–Crippen MR) is 112 cm³/mol. The van der Waals surface area contributed by atoms with Crippen molar-refractivity contribution in [2.24, 2.45) is 4.99 Å². The normalized spacial score (nSPS) is 13.8. The second-order valence-electron chi connectivity index (χ2n) is 7.09. The summed E-state index contributed by atoms with van der Waals surface area (Å²) in [7, 11) is 1.70. The summed E-state index contributed by atoms with van der Waals surface area (Å²) in [6.07, 6.45) is 3.26. The fourth-order valence-electron chi connectivity index (χ4n) is 3.66. The third kappa shape index (κ3) is 4.54. The Kier molecular flexibility index (Phi) is 6.13. The van der Waals surface area contributed by atoms with Gasteiger partial charge in [0.05, 0.1) is 6.61 Å². The summed E-state index contributed by atoms with van der Waals surface area (Å²) >= 11 is 0. The van der Waals surface area contributed by atoms with Crippen LogP contribution < -0.4 is 15.4 Å². The maximum Gasteiger partial charge on any atom is 0.190 e. The number of fused-ring (bicyclic) bond motifs is 2. The van der Waals surface area contributed by atoms with Crippen LogP contribution in [0.2, 0.25) is 0 Å². The molecule has 0 saturated heterocycles. The molecule has 3 aromatic rings. The Hall–Kier alpha value is -3.13. The monoisotopic (exact) mass is 414 g/mol. The molecular weight excluding hydrogens is 390 g/mol. The number of halogens is 2. The highest BCUT2D eigenvalue weighted by atomic mass is 19.1. The van der Waals surface area contributed by atoms with Gasteiger partial charge < -0.3 is 25.1 Å². The van der Waals surface area contributed by atoms with Gasteiger partial charge in [0.15, 0.2) is 12.8 Å². The molecule has 0 saturated carbocycles. The number of ether oxygens (including phenoxy) is 2. The van der Waals surface area contributed by atoms with Gasteiger partial charge in [-0.2, -0.15) is 0 Å². The van der Waals surface area contributed by atoms with Gasteiger partial charge in [-0.1, -0.05) is 0 Å². The van der Waals surface area contributed by atoms with E-state index in [1.165, 1.54) is 24.3 Å². The minimum Gasteiger partial charge on any atom is -0.467 e. The SMILES string of the molecule is CN=C(NCCc1cc(F)cc2c1OCOC2)NCCc1c[nH]c2cc(F)ccc12.